The number of aryl methyl sites for hydroxylation is 1. The molecule has 2 aromatic heterocycles. The average molecular weight is 441 g/mol. The number of anilines is 2. The summed E-state index contributed by atoms with van der Waals surface area (Å²) in [4.78, 5) is 13.7. The molecule has 9 heteroatoms. The topological polar surface area (TPSA) is 84.3 Å². The van der Waals surface area contributed by atoms with Gasteiger partial charge in [-0.25, -0.2) is 0 Å². The molecule has 0 amide bonds. The van der Waals surface area contributed by atoms with Gasteiger partial charge in [-0.15, -0.1) is 0 Å². The minimum absolute atomic E-state index is 0.578. The number of pyridine rings is 2. The Balaban J connectivity index is 1.46. The number of morpholine rings is 2. The fourth-order valence-electron chi connectivity index (χ4n) is 3.66. The van der Waals surface area contributed by atoms with Crippen molar-refractivity contribution >= 4 is 17.2 Å². The van der Waals surface area contributed by atoms with Crippen molar-refractivity contribution in [3.05, 3.63) is 41.7 Å². The number of nitrogens with zero attached hydrogens (tertiary/aromatic N) is 5. The number of hydrazone groups is 1. The number of aromatic nitrogens is 2. The van der Waals surface area contributed by atoms with E-state index in [4.69, 9.17) is 14.2 Å². The molecule has 0 radical (unpaired) electrons. The molecule has 2 aromatic rings. The molecular formula is C23H32N6O3. The number of hydrogen-bond donors (Lipinski definition) is 1. The standard InChI is InChI=1S/C23H32N6O3/c1-18-3-4-24-21(15-18)19(2)26-27-22-16-20(29-8-12-31-13-9-29)17-23(25-22)32-14-7-28-5-10-30-11-6-28/h3-4,15-17H,5-14H2,1-2H3,(H,25,27)/b26-19+. The van der Waals surface area contributed by atoms with Crippen molar-refractivity contribution in [3.63, 3.8) is 0 Å². The van der Waals surface area contributed by atoms with Gasteiger partial charge in [0.2, 0.25) is 5.88 Å². The van der Waals surface area contributed by atoms with Crippen molar-refractivity contribution in [1.29, 1.82) is 0 Å². The van der Waals surface area contributed by atoms with Crippen molar-refractivity contribution in [2.45, 2.75) is 13.8 Å². The number of nitrogens with one attached hydrogen (secondary N) is 1. The molecule has 2 aliphatic rings. The molecule has 2 saturated heterocycles. The third kappa shape index (κ3) is 6.38. The molecule has 4 rings (SSSR count). The Morgan fingerprint density at radius 3 is 2.59 bits per heavy atom. The van der Waals surface area contributed by atoms with E-state index < -0.39 is 0 Å². The zero-order valence-electron chi connectivity index (χ0n) is 18.9. The second-order valence-corrected chi connectivity index (χ2v) is 7.98. The van der Waals surface area contributed by atoms with Gasteiger partial charge in [-0.3, -0.25) is 15.3 Å². The Hall–Kier alpha value is -2.75. The largest absolute Gasteiger partial charge is 0.476 e. The Bertz CT molecular complexity index is 910. The summed E-state index contributed by atoms with van der Waals surface area (Å²) in [6, 6.07) is 7.98. The third-order valence-electron chi connectivity index (χ3n) is 5.55. The maximum absolute atomic E-state index is 6.04. The summed E-state index contributed by atoms with van der Waals surface area (Å²) in [6.07, 6.45) is 1.79. The Morgan fingerprint density at radius 2 is 1.84 bits per heavy atom. The van der Waals surface area contributed by atoms with Crippen LogP contribution in [0.15, 0.2) is 35.6 Å². The molecule has 2 aliphatic heterocycles. The lowest BCUT2D eigenvalue weighted by Crippen LogP contribution is -2.38. The van der Waals surface area contributed by atoms with Crippen LogP contribution in [0.5, 0.6) is 5.88 Å². The summed E-state index contributed by atoms with van der Waals surface area (Å²) in [5, 5.41) is 4.51. The maximum atomic E-state index is 6.04. The molecule has 32 heavy (non-hydrogen) atoms. The smallest absolute Gasteiger partial charge is 0.217 e. The molecule has 2 fully saturated rings. The zero-order chi connectivity index (χ0) is 22.2. The van der Waals surface area contributed by atoms with Crippen molar-refractivity contribution in [2.75, 3.05) is 76.1 Å². The second-order valence-electron chi connectivity index (χ2n) is 7.98. The Morgan fingerprint density at radius 1 is 1.09 bits per heavy atom. The zero-order valence-corrected chi connectivity index (χ0v) is 18.9. The van der Waals surface area contributed by atoms with Crippen LogP contribution in [0.2, 0.25) is 0 Å². The first-order valence-electron chi connectivity index (χ1n) is 11.2. The molecule has 1 N–H and O–H groups in total. The highest BCUT2D eigenvalue weighted by Crippen LogP contribution is 2.25. The SMILES string of the molecule is C/C(=N\Nc1cc(N2CCOCC2)cc(OCCN2CCOCC2)n1)c1cc(C)ccn1. The fraction of sp³-hybridized carbons (Fsp3) is 0.522. The number of rotatable bonds is 8. The summed E-state index contributed by atoms with van der Waals surface area (Å²) >= 11 is 0. The molecule has 0 unspecified atom stereocenters. The number of hydrogen-bond acceptors (Lipinski definition) is 9. The van der Waals surface area contributed by atoms with Crippen LogP contribution in [-0.2, 0) is 9.47 Å². The van der Waals surface area contributed by atoms with Crippen LogP contribution in [0, 0.1) is 6.92 Å². The van der Waals surface area contributed by atoms with E-state index in [1.807, 2.05) is 38.1 Å². The lowest BCUT2D eigenvalue weighted by molar-refractivity contribution is 0.0320. The highest BCUT2D eigenvalue weighted by molar-refractivity contribution is 5.97. The Kier molecular flexibility index (Phi) is 7.87. The summed E-state index contributed by atoms with van der Waals surface area (Å²) in [5.41, 5.74) is 6.92. The van der Waals surface area contributed by atoms with E-state index in [2.05, 4.69) is 30.3 Å². The first kappa shape index (κ1) is 22.4. The van der Waals surface area contributed by atoms with Crippen LogP contribution in [0.25, 0.3) is 0 Å². The monoisotopic (exact) mass is 440 g/mol. The summed E-state index contributed by atoms with van der Waals surface area (Å²) < 4.78 is 17.0. The fourth-order valence-corrected chi connectivity index (χ4v) is 3.66. The molecule has 0 spiro atoms. The molecule has 9 nitrogen and oxygen atoms in total. The minimum atomic E-state index is 0.578. The summed E-state index contributed by atoms with van der Waals surface area (Å²) in [7, 11) is 0. The molecule has 0 aromatic carbocycles. The van der Waals surface area contributed by atoms with Gasteiger partial charge in [-0.2, -0.15) is 10.1 Å². The van der Waals surface area contributed by atoms with E-state index in [1.54, 1.807) is 6.20 Å². The lowest BCUT2D eigenvalue weighted by Gasteiger charge is -2.29. The van der Waals surface area contributed by atoms with Gasteiger partial charge in [0, 0.05) is 56.7 Å². The second kappa shape index (κ2) is 11.2. The highest BCUT2D eigenvalue weighted by atomic mass is 16.5. The lowest BCUT2D eigenvalue weighted by atomic mass is 10.2. The van der Waals surface area contributed by atoms with Crippen LogP contribution in [-0.4, -0.2) is 86.3 Å². The third-order valence-corrected chi connectivity index (χ3v) is 5.55. The minimum Gasteiger partial charge on any atom is -0.476 e. The van der Waals surface area contributed by atoms with E-state index >= 15 is 0 Å². The van der Waals surface area contributed by atoms with Crippen molar-refractivity contribution in [3.8, 4) is 5.88 Å². The van der Waals surface area contributed by atoms with E-state index in [9.17, 15) is 0 Å². The van der Waals surface area contributed by atoms with Gasteiger partial charge in [0.1, 0.15) is 6.61 Å². The molecule has 0 saturated carbocycles. The predicted molar refractivity (Wildman–Crippen MR) is 125 cm³/mol. The van der Waals surface area contributed by atoms with Gasteiger partial charge >= 0.3 is 0 Å². The van der Waals surface area contributed by atoms with Crippen molar-refractivity contribution < 1.29 is 14.2 Å². The van der Waals surface area contributed by atoms with E-state index in [0.717, 1.165) is 68.6 Å². The van der Waals surface area contributed by atoms with E-state index in [-0.39, 0.29) is 0 Å². The normalized spacial score (nSPS) is 17.9. The molecule has 4 heterocycles. The molecule has 0 bridgehead atoms. The van der Waals surface area contributed by atoms with Gasteiger partial charge in [0.15, 0.2) is 5.82 Å². The van der Waals surface area contributed by atoms with E-state index in [1.165, 1.54) is 0 Å². The highest BCUT2D eigenvalue weighted by Gasteiger charge is 2.15. The van der Waals surface area contributed by atoms with Crippen LogP contribution >= 0.6 is 0 Å². The van der Waals surface area contributed by atoms with Gasteiger partial charge in [0.25, 0.3) is 0 Å². The first-order valence-corrected chi connectivity index (χ1v) is 11.2. The quantitative estimate of drug-likeness (QED) is 0.494. The molecular weight excluding hydrogens is 408 g/mol. The van der Waals surface area contributed by atoms with Crippen molar-refractivity contribution in [1.82, 2.24) is 14.9 Å². The van der Waals surface area contributed by atoms with Gasteiger partial charge in [-0.1, -0.05) is 0 Å². The summed E-state index contributed by atoms with van der Waals surface area (Å²) in [5.74, 6) is 1.23. The average Bonchev–Trinajstić information content (AvgIpc) is 2.84. The molecule has 0 atom stereocenters. The van der Waals surface area contributed by atoms with Gasteiger partial charge < -0.3 is 19.1 Å². The van der Waals surface area contributed by atoms with E-state index in [0.29, 0.717) is 31.5 Å². The predicted octanol–water partition coefficient (Wildman–Crippen LogP) is 2.17. The van der Waals surface area contributed by atoms with Crippen molar-refractivity contribution in [2.24, 2.45) is 5.10 Å². The van der Waals surface area contributed by atoms with Gasteiger partial charge in [-0.05, 0) is 31.5 Å². The van der Waals surface area contributed by atoms with Crippen LogP contribution in [0.4, 0.5) is 11.5 Å². The summed E-state index contributed by atoms with van der Waals surface area (Å²) in [6.45, 7) is 12.0. The number of ether oxygens (including phenoxy) is 3. The van der Waals surface area contributed by atoms with Gasteiger partial charge in [0.05, 0.1) is 37.8 Å². The first-order chi connectivity index (χ1) is 15.7. The molecule has 0 aliphatic carbocycles. The molecule has 172 valence electrons. The Labute approximate surface area is 189 Å². The maximum Gasteiger partial charge on any atom is 0.217 e. The van der Waals surface area contributed by atoms with Crippen LogP contribution in [0.1, 0.15) is 18.2 Å². The van der Waals surface area contributed by atoms with Crippen LogP contribution in [0.3, 0.4) is 0 Å². The van der Waals surface area contributed by atoms with Crippen LogP contribution < -0.4 is 15.1 Å².